The Morgan fingerprint density at radius 1 is 1.31 bits per heavy atom. The first kappa shape index (κ1) is 11.5. The monoisotopic (exact) mass is 218 g/mol. The van der Waals surface area contributed by atoms with Crippen LogP contribution in [-0.2, 0) is 12.0 Å². The summed E-state index contributed by atoms with van der Waals surface area (Å²) in [7, 11) is 0. The molecule has 2 N–H and O–H groups in total. The molecule has 0 saturated carbocycles. The molecule has 0 radical (unpaired) electrons. The van der Waals surface area contributed by atoms with E-state index in [1.807, 2.05) is 0 Å². The van der Waals surface area contributed by atoms with Crippen molar-refractivity contribution in [2.45, 2.75) is 45.7 Å². The maximum absolute atomic E-state index is 6.13. The highest BCUT2D eigenvalue weighted by molar-refractivity contribution is 5.60. The SMILES string of the molecule is CC(C)N1CCc2cc(C(C)(C)N)ccc21. The number of anilines is 1. The molecule has 0 spiro atoms. The van der Waals surface area contributed by atoms with Crippen molar-refractivity contribution in [2.24, 2.45) is 5.73 Å². The fourth-order valence-corrected chi connectivity index (χ4v) is 2.36. The number of fused-ring (bicyclic) bond motifs is 1. The van der Waals surface area contributed by atoms with E-state index in [0.29, 0.717) is 6.04 Å². The van der Waals surface area contributed by atoms with Gasteiger partial charge < -0.3 is 10.6 Å². The highest BCUT2D eigenvalue weighted by atomic mass is 15.2. The third-order valence-corrected chi connectivity index (χ3v) is 3.38. The van der Waals surface area contributed by atoms with Crippen LogP contribution in [0.4, 0.5) is 5.69 Å². The molecule has 0 aromatic heterocycles. The van der Waals surface area contributed by atoms with E-state index >= 15 is 0 Å². The number of hydrogen-bond acceptors (Lipinski definition) is 2. The molecule has 0 fully saturated rings. The zero-order valence-corrected chi connectivity index (χ0v) is 10.7. The lowest BCUT2D eigenvalue weighted by Crippen LogP contribution is -2.29. The number of hydrogen-bond donors (Lipinski definition) is 1. The van der Waals surface area contributed by atoms with Crippen molar-refractivity contribution in [3.05, 3.63) is 29.3 Å². The zero-order chi connectivity index (χ0) is 11.9. The minimum Gasteiger partial charge on any atom is -0.369 e. The van der Waals surface area contributed by atoms with Gasteiger partial charge in [-0.2, -0.15) is 0 Å². The standard InChI is InChI=1S/C14H22N2/c1-10(2)16-8-7-11-9-12(14(3,4)15)5-6-13(11)16/h5-6,9-10H,7-8,15H2,1-4H3. The van der Waals surface area contributed by atoms with Gasteiger partial charge in [-0.05, 0) is 51.3 Å². The Labute approximate surface area is 98.4 Å². The fraction of sp³-hybridized carbons (Fsp3) is 0.571. The van der Waals surface area contributed by atoms with E-state index in [0.717, 1.165) is 13.0 Å². The van der Waals surface area contributed by atoms with E-state index in [4.69, 9.17) is 5.73 Å². The number of nitrogens with two attached hydrogens (primary N) is 1. The molecule has 2 rings (SSSR count). The van der Waals surface area contributed by atoms with Crippen molar-refractivity contribution >= 4 is 5.69 Å². The molecule has 0 unspecified atom stereocenters. The van der Waals surface area contributed by atoms with Crippen LogP contribution < -0.4 is 10.6 Å². The molecule has 0 aliphatic carbocycles. The lowest BCUT2D eigenvalue weighted by Gasteiger charge is -2.25. The summed E-state index contributed by atoms with van der Waals surface area (Å²) in [5, 5.41) is 0. The number of nitrogens with zero attached hydrogens (tertiary/aromatic N) is 1. The van der Waals surface area contributed by atoms with E-state index in [1.165, 1.54) is 16.8 Å². The lowest BCUT2D eigenvalue weighted by atomic mass is 9.93. The Bertz CT molecular complexity index is 388. The Kier molecular flexibility index (Phi) is 2.70. The maximum atomic E-state index is 6.13. The van der Waals surface area contributed by atoms with Gasteiger partial charge in [0.15, 0.2) is 0 Å². The molecule has 0 amide bonds. The summed E-state index contributed by atoms with van der Waals surface area (Å²) in [6, 6.07) is 7.25. The molecular weight excluding hydrogens is 196 g/mol. The Morgan fingerprint density at radius 3 is 2.56 bits per heavy atom. The summed E-state index contributed by atoms with van der Waals surface area (Å²) in [6.45, 7) is 9.75. The second kappa shape index (κ2) is 3.77. The van der Waals surface area contributed by atoms with Crippen LogP contribution in [0.1, 0.15) is 38.8 Å². The van der Waals surface area contributed by atoms with E-state index in [9.17, 15) is 0 Å². The minimum atomic E-state index is -0.236. The van der Waals surface area contributed by atoms with E-state index in [-0.39, 0.29) is 5.54 Å². The Hall–Kier alpha value is -1.02. The summed E-state index contributed by atoms with van der Waals surface area (Å²) in [5.74, 6) is 0. The van der Waals surface area contributed by atoms with Crippen LogP contribution in [0.3, 0.4) is 0 Å². The molecule has 16 heavy (non-hydrogen) atoms. The number of benzene rings is 1. The molecule has 1 aliphatic heterocycles. The third-order valence-electron chi connectivity index (χ3n) is 3.38. The van der Waals surface area contributed by atoms with E-state index in [1.54, 1.807) is 0 Å². The van der Waals surface area contributed by atoms with Crippen LogP contribution in [-0.4, -0.2) is 12.6 Å². The van der Waals surface area contributed by atoms with Gasteiger partial charge in [0.1, 0.15) is 0 Å². The predicted octanol–water partition coefficient (Wildman–Crippen LogP) is 2.65. The third kappa shape index (κ3) is 1.94. The quantitative estimate of drug-likeness (QED) is 0.827. The molecule has 1 aromatic carbocycles. The molecule has 0 atom stereocenters. The van der Waals surface area contributed by atoms with Gasteiger partial charge >= 0.3 is 0 Å². The molecule has 1 aromatic rings. The lowest BCUT2D eigenvalue weighted by molar-refractivity contribution is 0.554. The van der Waals surface area contributed by atoms with E-state index < -0.39 is 0 Å². The van der Waals surface area contributed by atoms with Gasteiger partial charge in [-0.25, -0.2) is 0 Å². The van der Waals surface area contributed by atoms with Crippen LogP contribution in [0.5, 0.6) is 0 Å². The molecule has 2 nitrogen and oxygen atoms in total. The molecule has 1 aliphatic rings. The van der Waals surface area contributed by atoms with Gasteiger partial charge in [0, 0.05) is 23.8 Å². The van der Waals surface area contributed by atoms with Gasteiger partial charge in [-0.1, -0.05) is 12.1 Å². The van der Waals surface area contributed by atoms with Crippen molar-refractivity contribution in [2.75, 3.05) is 11.4 Å². The number of rotatable bonds is 2. The van der Waals surface area contributed by atoms with Gasteiger partial charge in [0.25, 0.3) is 0 Å². The van der Waals surface area contributed by atoms with Gasteiger partial charge in [-0.3, -0.25) is 0 Å². The maximum Gasteiger partial charge on any atom is 0.0402 e. The summed E-state index contributed by atoms with van der Waals surface area (Å²) in [6.07, 6.45) is 1.15. The molecule has 88 valence electrons. The molecule has 2 heteroatoms. The van der Waals surface area contributed by atoms with Crippen molar-refractivity contribution in [3.8, 4) is 0 Å². The van der Waals surface area contributed by atoms with Crippen LogP contribution in [0, 0.1) is 0 Å². The average Bonchev–Trinajstić information content (AvgIpc) is 2.58. The second-order valence-corrected chi connectivity index (χ2v) is 5.60. The Morgan fingerprint density at radius 2 is 2.00 bits per heavy atom. The van der Waals surface area contributed by atoms with Crippen LogP contribution >= 0.6 is 0 Å². The van der Waals surface area contributed by atoms with Crippen LogP contribution in [0.25, 0.3) is 0 Å². The topological polar surface area (TPSA) is 29.3 Å². The first-order valence-corrected chi connectivity index (χ1v) is 6.08. The first-order valence-electron chi connectivity index (χ1n) is 6.08. The smallest absolute Gasteiger partial charge is 0.0402 e. The molecule has 1 heterocycles. The second-order valence-electron chi connectivity index (χ2n) is 5.60. The highest BCUT2D eigenvalue weighted by Crippen LogP contribution is 2.32. The highest BCUT2D eigenvalue weighted by Gasteiger charge is 2.23. The summed E-state index contributed by atoms with van der Waals surface area (Å²) in [4.78, 5) is 2.46. The van der Waals surface area contributed by atoms with Crippen molar-refractivity contribution in [1.82, 2.24) is 0 Å². The largest absolute Gasteiger partial charge is 0.369 e. The zero-order valence-electron chi connectivity index (χ0n) is 10.7. The molecule has 0 bridgehead atoms. The summed E-state index contributed by atoms with van der Waals surface area (Å²) >= 11 is 0. The minimum absolute atomic E-state index is 0.236. The average molecular weight is 218 g/mol. The van der Waals surface area contributed by atoms with Crippen molar-refractivity contribution in [1.29, 1.82) is 0 Å². The van der Waals surface area contributed by atoms with Gasteiger partial charge in [0.05, 0.1) is 0 Å². The first-order chi connectivity index (χ1) is 7.39. The van der Waals surface area contributed by atoms with Crippen LogP contribution in [0.15, 0.2) is 18.2 Å². The summed E-state index contributed by atoms with van der Waals surface area (Å²) in [5.41, 5.74) is 9.97. The van der Waals surface area contributed by atoms with Crippen molar-refractivity contribution in [3.63, 3.8) is 0 Å². The van der Waals surface area contributed by atoms with Gasteiger partial charge in [-0.15, -0.1) is 0 Å². The normalized spacial score (nSPS) is 15.8. The molecule has 0 saturated heterocycles. The van der Waals surface area contributed by atoms with Gasteiger partial charge in [0.2, 0.25) is 0 Å². The van der Waals surface area contributed by atoms with Crippen molar-refractivity contribution < 1.29 is 0 Å². The van der Waals surface area contributed by atoms with Crippen LogP contribution in [0.2, 0.25) is 0 Å². The molecular formula is C14H22N2. The Balaban J connectivity index is 2.37. The predicted molar refractivity (Wildman–Crippen MR) is 69.8 cm³/mol. The van der Waals surface area contributed by atoms with E-state index in [2.05, 4.69) is 50.8 Å². The summed E-state index contributed by atoms with van der Waals surface area (Å²) < 4.78 is 0. The fourth-order valence-electron chi connectivity index (χ4n) is 2.36.